The van der Waals surface area contributed by atoms with E-state index in [1.54, 1.807) is 33.8 Å². The number of carbonyl (C=O) groups is 3. The third kappa shape index (κ3) is 16.7. The molecular weight excluding hydrogens is 925 g/mol. The zero-order valence-electron chi connectivity index (χ0n) is 44.6. The van der Waals surface area contributed by atoms with Crippen LogP contribution in [0, 0.1) is 11.3 Å². The summed E-state index contributed by atoms with van der Waals surface area (Å²) in [5.41, 5.74) is -1.14. The van der Waals surface area contributed by atoms with Crippen molar-refractivity contribution in [3.8, 4) is 0 Å². The molecule has 4 aromatic carbocycles. The minimum absolute atomic E-state index is 0.0115. The molecule has 0 fully saturated rings. The summed E-state index contributed by atoms with van der Waals surface area (Å²) in [6.07, 6.45) is 0.676. The van der Waals surface area contributed by atoms with Gasteiger partial charge in [-0.25, -0.2) is 4.79 Å². The molecule has 4 rings (SSSR count). The van der Waals surface area contributed by atoms with Crippen LogP contribution in [0.3, 0.4) is 0 Å². The second-order valence-corrected chi connectivity index (χ2v) is 26.1. The second-order valence-electron chi connectivity index (χ2n) is 22.0. The van der Waals surface area contributed by atoms with Gasteiger partial charge in [0.15, 0.2) is 0 Å². The quantitative estimate of drug-likeness (QED) is 0.0331. The number of aliphatic hydroxyl groups is 1. The van der Waals surface area contributed by atoms with E-state index in [0.717, 1.165) is 26.3 Å². The van der Waals surface area contributed by atoms with Crippen LogP contribution in [0.15, 0.2) is 135 Å². The number of hydrogen-bond donors (Lipinski definition) is 2. The Kier molecular flexibility index (Phi) is 21.0. The molecule has 0 bridgehead atoms. The zero-order valence-corrected chi connectivity index (χ0v) is 46.6. The topological polar surface area (TPSA) is 133 Å². The maximum absolute atomic E-state index is 14.8. The summed E-state index contributed by atoms with van der Waals surface area (Å²) in [7, 11) is -4.02. The first-order valence-corrected chi connectivity index (χ1v) is 27.4. The molecular formula is C58H80N2O9Si2. The Hall–Kier alpha value is -5.16. The number of amides is 1. The molecule has 0 aliphatic carbocycles. The van der Waals surface area contributed by atoms with Crippen LogP contribution in [0.2, 0.25) is 0 Å². The van der Waals surface area contributed by atoms with E-state index in [4.69, 9.17) is 23.1 Å². The van der Waals surface area contributed by atoms with Gasteiger partial charge in [-0.1, -0.05) is 163 Å². The third-order valence-electron chi connectivity index (χ3n) is 12.0. The average Bonchev–Trinajstić information content (AvgIpc) is 3.31. The minimum Gasteiger partial charge on any atom is -0.465 e. The lowest BCUT2D eigenvalue weighted by atomic mass is 9.82. The molecule has 2 N–H and O–H groups in total. The maximum atomic E-state index is 14.8. The summed E-state index contributed by atoms with van der Waals surface area (Å²) in [5, 5.41) is 18.1. The summed E-state index contributed by atoms with van der Waals surface area (Å²) in [6, 6.07) is 36.6. The Morgan fingerprint density at radius 1 is 0.662 bits per heavy atom. The Balaban J connectivity index is 1.76. The molecule has 13 heteroatoms. The van der Waals surface area contributed by atoms with Gasteiger partial charge in [0.1, 0.15) is 17.6 Å². The Bertz CT molecular complexity index is 2320. The summed E-state index contributed by atoms with van der Waals surface area (Å²) in [5.74, 6) is -1.89. The van der Waals surface area contributed by atoms with Gasteiger partial charge in [0.2, 0.25) is 0 Å². The lowest BCUT2D eigenvalue weighted by Crippen LogP contribution is -2.59. The van der Waals surface area contributed by atoms with E-state index in [2.05, 4.69) is 109 Å². The van der Waals surface area contributed by atoms with Gasteiger partial charge in [0.05, 0.1) is 32.0 Å². The van der Waals surface area contributed by atoms with Crippen LogP contribution in [-0.2, 0) is 43.5 Å². The van der Waals surface area contributed by atoms with Crippen molar-refractivity contribution in [1.82, 2.24) is 10.2 Å². The number of benzene rings is 4. The van der Waals surface area contributed by atoms with Gasteiger partial charge in [-0.3, -0.25) is 9.59 Å². The van der Waals surface area contributed by atoms with Crippen molar-refractivity contribution in [2.45, 2.75) is 124 Å². The Morgan fingerprint density at radius 2 is 1.13 bits per heavy atom. The van der Waals surface area contributed by atoms with Crippen molar-refractivity contribution in [3.05, 3.63) is 146 Å². The third-order valence-corrected chi connectivity index (χ3v) is 16.4. The van der Waals surface area contributed by atoms with Gasteiger partial charge < -0.3 is 38.4 Å². The van der Waals surface area contributed by atoms with Crippen LogP contribution in [0.4, 0.5) is 4.79 Å². The summed E-state index contributed by atoms with van der Waals surface area (Å²) < 4.78 is 31.9. The molecule has 0 spiro atoms. The summed E-state index contributed by atoms with van der Waals surface area (Å²) >= 11 is 0. The fourth-order valence-corrected chi connectivity index (χ4v) is 12.2. The van der Waals surface area contributed by atoms with Crippen LogP contribution in [-0.4, -0.2) is 109 Å². The SMILES string of the molecule is C=CC(O[Si](c1ccccc1)c1ccc(C(C)(C)C)cc1)C(CNCC(=O)OC(C)(C)C)(COC(=O)N(C[C@@H](CO)[C@@H](C=C)O[Si](c1ccccc1)c1ccc(C(C)(C)C)cc1)C(C)(C)C)C(=O)OCC. The predicted octanol–water partition coefficient (Wildman–Crippen LogP) is 7.66. The van der Waals surface area contributed by atoms with Gasteiger partial charge in [-0.2, -0.15) is 0 Å². The lowest BCUT2D eigenvalue weighted by molar-refractivity contribution is -0.165. The molecule has 11 nitrogen and oxygen atoms in total. The van der Waals surface area contributed by atoms with Crippen LogP contribution in [0.1, 0.15) is 101 Å². The number of carbonyl (C=O) groups excluding carboxylic acids is 3. The molecule has 2 radical (unpaired) electrons. The minimum atomic E-state index is -2.13. The van der Waals surface area contributed by atoms with Gasteiger partial charge in [-0.15, -0.1) is 13.2 Å². The number of rotatable bonds is 23. The molecule has 2 unspecified atom stereocenters. The van der Waals surface area contributed by atoms with Crippen molar-refractivity contribution < 1.29 is 42.6 Å². The molecule has 0 aliphatic heterocycles. The number of nitrogens with zero attached hydrogens (tertiary/aromatic N) is 1. The molecule has 384 valence electrons. The van der Waals surface area contributed by atoms with Gasteiger partial charge in [0.25, 0.3) is 18.1 Å². The molecule has 1 amide bonds. The van der Waals surface area contributed by atoms with Crippen LogP contribution >= 0.6 is 0 Å². The van der Waals surface area contributed by atoms with Gasteiger partial charge >= 0.3 is 18.0 Å². The normalized spacial score (nSPS) is 14.5. The number of aliphatic hydroxyl groups excluding tert-OH is 1. The maximum Gasteiger partial charge on any atom is 0.410 e. The van der Waals surface area contributed by atoms with Gasteiger partial charge in [-0.05, 0) is 91.2 Å². The van der Waals surface area contributed by atoms with E-state index in [-0.39, 0.29) is 43.7 Å². The van der Waals surface area contributed by atoms with E-state index in [1.807, 2.05) is 81.4 Å². The molecule has 4 aromatic rings. The number of ether oxygens (including phenoxy) is 3. The van der Waals surface area contributed by atoms with E-state index in [0.29, 0.717) is 0 Å². The highest BCUT2D eigenvalue weighted by molar-refractivity contribution is 6.80. The fourth-order valence-electron chi connectivity index (χ4n) is 7.93. The monoisotopic (exact) mass is 1000 g/mol. The van der Waals surface area contributed by atoms with Crippen molar-refractivity contribution >= 4 is 56.9 Å². The molecule has 0 aromatic heterocycles. The van der Waals surface area contributed by atoms with E-state index >= 15 is 0 Å². The number of esters is 2. The number of nitrogens with one attached hydrogen (secondary N) is 1. The zero-order chi connectivity index (χ0) is 52.8. The highest BCUT2D eigenvalue weighted by Gasteiger charge is 2.50. The first kappa shape index (κ1) is 58.4. The van der Waals surface area contributed by atoms with Crippen molar-refractivity contribution in [2.24, 2.45) is 11.3 Å². The standard InChI is InChI=1S/C58H80N2O9Si2/c1-16-49(68-70(45-25-21-19-22-26-45)47-33-29-43(30-34-47)54(4,5)6)42(39-61)38-60(56(10,11)12)53(64)66-41-58(52(63)65-18-3,40-59-37-51(62)67-57(13,14)15)50(17-2)69-71(46-27-23-20-24-28-46)48-35-31-44(32-36-48)55(7,8)9/h16-17,19-36,42,49-50,59,61H,1-2,18,37-41H2,3-15H3/t42-,49+,50?,58?/m0/s1. The van der Waals surface area contributed by atoms with E-state index in [9.17, 15) is 19.5 Å². The molecule has 0 heterocycles. The van der Waals surface area contributed by atoms with E-state index < -0.39 is 77.4 Å². The first-order chi connectivity index (χ1) is 33.3. The van der Waals surface area contributed by atoms with Crippen LogP contribution < -0.4 is 26.1 Å². The van der Waals surface area contributed by atoms with E-state index in [1.165, 1.54) is 16.5 Å². The predicted molar refractivity (Wildman–Crippen MR) is 290 cm³/mol. The largest absolute Gasteiger partial charge is 0.465 e. The molecule has 0 saturated heterocycles. The highest BCUT2D eigenvalue weighted by atomic mass is 28.3. The van der Waals surface area contributed by atoms with Crippen molar-refractivity contribution in [3.63, 3.8) is 0 Å². The van der Waals surface area contributed by atoms with Crippen molar-refractivity contribution in [1.29, 1.82) is 0 Å². The summed E-state index contributed by atoms with van der Waals surface area (Å²) in [4.78, 5) is 44.2. The average molecular weight is 1010 g/mol. The summed E-state index contributed by atoms with van der Waals surface area (Å²) in [6.45, 7) is 32.6. The van der Waals surface area contributed by atoms with Crippen molar-refractivity contribution in [2.75, 3.05) is 39.5 Å². The smallest absolute Gasteiger partial charge is 0.410 e. The van der Waals surface area contributed by atoms with Crippen LogP contribution in [0.25, 0.3) is 0 Å². The molecule has 71 heavy (non-hydrogen) atoms. The number of hydrogen-bond acceptors (Lipinski definition) is 10. The molecule has 0 saturated carbocycles. The van der Waals surface area contributed by atoms with Gasteiger partial charge in [0, 0.05) is 24.5 Å². The lowest BCUT2D eigenvalue weighted by Gasteiger charge is -2.41. The Morgan fingerprint density at radius 3 is 1.52 bits per heavy atom. The highest BCUT2D eigenvalue weighted by Crippen LogP contribution is 2.31. The first-order valence-electron chi connectivity index (χ1n) is 24.6. The second kappa shape index (κ2) is 25.5. The van der Waals surface area contributed by atoms with Crippen LogP contribution in [0.5, 0.6) is 0 Å². The fraction of sp³-hybridized carbons (Fsp3) is 0.466. The Labute approximate surface area is 428 Å². The molecule has 0 aliphatic rings. The molecule has 4 atom stereocenters.